The monoisotopic (exact) mass is 766 g/mol. The Balaban J connectivity index is 0.000000347. The van der Waals surface area contributed by atoms with Crippen molar-refractivity contribution >= 4 is 58.0 Å². The van der Waals surface area contributed by atoms with E-state index in [9.17, 15) is 36.2 Å². The van der Waals surface area contributed by atoms with E-state index < -0.39 is 30.9 Å². The molecule has 13 heteroatoms. The topological polar surface area (TPSA) is 173 Å². The smallest absolute Gasteiger partial charge is 0.872 e. The van der Waals surface area contributed by atoms with Gasteiger partial charge in [0.2, 0.25) is 0 Å². The molecule has 2 N–H and O–H groups in total. The van der Waals surface area contributed by atoms with Crippen LogP contribution in [0.25, 0.3) is 0 Å². The molecule has 0 fully saturated rings. The Hall–Kier alpha value is -2.84. The van der Waals surface area contributed by atoms with Crippen LogP contribution < -0.4 is 14.6 Å². The number of para-hydroxylation sites is 2. The van der Waals surface area contributed by atoms with E-state index in [2.05, 4.69) is 13.8 Å². The van der Waals surface area contributed by atoms with Crippen LogP contribution in [0.15, 0.2) is 94.7 Å². The maximum Gasteiger partial charge on any atom is 2.00 e. The Kier molecular flexibility index (Phi) is 19.4. The Morgan fingerprint density at radius 1 is 0.588 bits per heavy atom. The van der Waals surface area contributed by atoms with Gasteiger partial charge < -0.3 is 24.2 Å². The number of hydrogen-bond donors (Lipinski definition) is 2. The van der Waals surface area contributed by atoms with Crippen LogP contribution in [0.5, 0.6) is 34.5 Å². The quantitative estimate of drug-likeness (QED) is 0.0568. The first-order valence-electron chi connectivity index (χ1n) is 16.9. The molecule has 4 rings (SSSR count). The van der Waals surface area contributed by atoms with Crippen LogP contribution in [0.2, 0.25) is 0 Å². The van der Waals surface area contributed by atoms with E-state index in [1.807, 2.05) is 24.3 Å². The number of hydrogen-bond acceptors (Lipinski definition) is 9. The molecule has 0 aliphatic heterocycles. The molecule has 0 bridgehead atoms. The van der Waals surface area contributed by atoms with Gasteiger partial charge in [0.05, 0.1) is 4.90 Å². The van der Waals surface area contributed by atoms with Crippen LogP contribution in [-0.2, 0) is 33.1 Å². The molecule has 0 atom stereocenters. The molecular weight excluding hydrogens is 721 g/mol. The van der Waals surface area contributed by atoms with Gasteiger partial charge in [-0.05, 0) is 73.2 Å². The maximum absolute atomic E-state index is 11.5. The van der Waals surface area contributed by atoms with Crippen LogP contribution in [0.1, 0.15) is 89.2 Å². The zero-order valence-electron chi connectivity index (χ0n) is 29.3. The van der Waals surface area contributed by atoms with Gasteiger partial charge in [0.15, 0.2) is 5.75 Å². The molecule has 0 aromatic heterocycles. The first-order chi connectivity index (χ1) is 23.8. The molecule has 10 nitrogen and oxygen atoms in total. The second-order valence-corrected chi connectivity index (χ2v) is 14.7. The molecule has 272 valence electrons. The molecule has 0 unspecified atom stereocenters. The number of aromatic hydroxyl groups is 1. The number of ether oxygens (including phenoxy) is 2. The van der Waals surface area contributed by atoms with E-state index in [-0.39, 0.29) is 59.9 Å². The Morgan fingerprint density at radius 2 is 1.04 bits per heavy atom. The molecule has 0 aliphatic carbocycles. The van der Waals surface area contributed by atoms with Crippen LogP contribution in [0.4, 0.5) is 0 Å². The summed E-state index contributed by atoms with van der Waals surface area (Å²) >= 11 is 0. The molecule has 4 aromatic carbocycles. The summed E-state index contributed by atoms with van der Waals surface area (Å²) in [6.07, 6.45) is 13.0. The fraction of sp³-hybridized carbons (Fsp3) is 0.368. The van der Waals surface area contributed by atoms with Crippen molar-refractivity contribution in [2.75, 3.05) is 0 Å². The third-order valence-corrected chi connectivity index (χ3v) is 9.64. The summed E-state index contributed by atoms with van der Waals surface area (Å²) in [5, 5.41) is 21.2. The zero-order valence-corrected chi connectivity index (χ0v) is 33.1. The fourth-order valence-corrected chi connectivity index (χ4v) is 6.44. The molecule has 4 aromatic rings. The fourth-order valence-electron chi connectivity index (χ4n) is 5.26. The average Bonchev–Trinajstić information content (AvgIpc) is 3.05. The summed E-state index contributed by atoms with van der Waals surface area (Å²) in [7, 11) is -9.17. The second kappa shape index (κ2) is 22.3. The van der Waals surface area contributed by atoms with Crippen LogP contribution in [-0.4, -0.2) is 68.8 Å². The van der Waals surface area contributed by atoms with Gasteiger partial charge in [-0.3, -0.25) is 4.55 Å². The number of unbranched alkanes of at least 4 members (excludes halogenated alkanes) is 8. The summed E-state index contributed by atoms with van der Waals surface area (Å²) in [6, 6.07) is 21.2. The third-order valence-electron chi connectivity index (χ3n) is 7.87. The summed E-state index contributed by atoms with van der Waals surface area (Å²) in [6.45, 7) is 4.33. The van der Waals surface area contributed by atoms with Crippen molar-refractivity contribution in [3.8, 4) is 34.5 Å². The summed E-state index contributed by atoms with van der Waals surface area (Å²) in [4.78, 5) is -0.895. The van der Waals surface area contributed by atoms with Gasteiger partial charge in [0.25, 0.3) is 10.1 Å². The van der Waals surface area contributed by atoms with Crippen molar-refractivity contribution in [2.45, 2.75) is 101 Å². The van der Waals surface area contributed by atoms with Crippen molar-refractivity contribution in [1.29, 1.82) is 0 Å². The molecule has 0 saturated heterocycles. The minimum atomic E-state index is -4.72. The molecular formula is C38H46CaO10S2. The van der Waals surface area contributed by atoms with Gasteiger partial charge in [0.1, 0.15) is 38.0 Å². The molecule has 0 amide bonds. The van der Waals surface area contributed by atoms with Crippen LogP contribution >= 0.6 is 0 Å². The van der Waals surface area contributed by atoms with Gasteiger partial charge in [-0.1, -0.05) is 108 Å². The molecule has 0 aliphatic rings. The number of phenols is 1. The normalized spacial score (nSPS) is 11.2. The molecule has 0 heterocycles. The van der Waals surface area contributed by atoms with Gasteiger partial charge in [-0.25, -0.2) is 8.42 Å². The van der Waals surface area contributed by atoms with E-state index in [1.54, 1.807) is 24.3 Å². The standard InChI is InChI=1S/2C19H24O5S.Ca/c2*1-2-3-4-5-6-9-15-10-7-8-11-17(15)24-18-14-16(20)12-13-19(18)25(21,22)23;/h2*7-8,10-14,20H,2-6,9H2,1H3,(H,21,22,23);/q;;+2/p-2. The number of aryl methyl sites for hydroxylation is 2. The first-order valence-corrected chi connectivity index (χ1v) is 19.8. The van der Waals surface area contributed by atoms with Crippen LogP contribution in [0, 0.1) is 0 Å². The molecule has 0 saturated carbocycles. The van der Waals surface area contributed by atoms with Gasteiger partial charge in [-0.2, -0.15) is 8.42 Å². The molecule has 0 spiro atoms. The minimum Gasteiger partial charge on any atom is -0.872 e. The van der Waals surface area contributed by atoms with E-state index >= 15 is 0 Å². The predicted octanol–water partition coefficient (Wildman–Crippen LogP) is 8.53. The zero-order chi connectivity index (χ0) is 36.6. The number of phenolic OH excluding ortho intramolecular Hbond substituents is 1. The Bertz CT molecular complexity index is 1740. The van der Waals surface area contributed by atoms with Crippen molar-refractivity contribution in [1.82, 2.24) is 0 Å². The van der Waals surface area contributed by atoms with Gasteiger partial charge in [0, 0.05) is 6.07 Å². The summed E-state index contributed by atoms with van der Waals surface area (Å²) in [5.41, 5.74) is 1.88. The predicted molar refractivity (Wildman–Crippen MR) is 195 cm³/mol. The van der Waals surface area contributed by atoms with E-state index in [4.69, 9.17) is 9.47 Å². The first kappa shape index (κ1) is 44.3. The summed E-state index contributed by atoms with van der Waals surface area (Å²) in [5.74, 6) is 0.114. The summed E-state index contributed by atoms with van der Waals surface area (Å²) < 4.78 is 77.9. The van der Waals surface area contributed by atoms with Crippen molar-refractivity contribution < 1.29 is 45.6 Å². The second-order valence-electron chi connectivity index (χ2n) is 11.9. The van der Waals surface area contributed by atoms with Crippen molar-refractivity contribution in [2.24, 2.45) is 0 Å². The Morgan fingerprint density at radius 3 is 1.51 bits per heavy atom. The average molecular weight is 767 g/mol. The van der Waals surface area contributed by atoms with Crippen LogP contribution in [0.3, 0.4) is 0 Å². The van der Waals surface area contributed by atoms with Crippen molar-refractivity contribution in [3.05, 3.63) is 96.1 Å². The number of benzene rings is 4. The molecule has 0 radical (unpaired) electrons. The largest absolute Gasteiger partial charge is 2.00 e. The van der Waals surface area contributed by atoms with E-state index in [1.165, 1.54) is 50.7 Å². The maximum atomic E-state index is 11.5. The van der Waals surface area contributed by atoms with E-state index in [0.717, 1.165) is 73.9 Å². The number of rotatable bonds is 18. The Labute approximate surface area is 332 Å². The third kappa shape index (κ3) is 15.3. The van der Waals surface area contributed by atoms with Crippen molar-refractivity contribution in [3.63, 3.8) is 0 Å². The SMILES string of the molecule is CCCCCCCc1ccccc1Oc1cc(O)ccc1S(=O)(=O)O.CCCCCCCc1ccccc1Oc1cc([O-])ccc1S(=O)(=O)[O-].[Ca+2]. The van der Waals surface area contributed by atoms with Gasteiger partial charge >= 0.3 is 37.7 Å². The molecule has 51 heavy (non-hydrogen) atoms. The van der Waals surface area contributed by atoms with Gasteiger partial charge in [-0.15, -0.1) is 5.75 Å². The van der Waals surface area contributed by atoms with E-state index in [0.29, 0.717) is 11.5 Å². The minimum absolute atomic E-state index is 0.